The summed E-state index contributed by atoms with van der Waals surface area (Å²) in [7, 11) is 0. The Bertz CT molecular complexity index is 534. The number of hydrogen-bond donors (Lipinski definition) is 2. The molecule has 1 aliphatic rings. The maximum atomic E-state index is 12.3. The van der Waals surface area contributed by atoms with Crippen molar-refractivity contribution in [1.82, 2.24) is 5.32 Å². The molecule has 2 rings (SSSR count). The van der Waals surface area contributed by atoms with Gasteiger partial charge in [-0.05, 0) is 17.7 Å². The van der Waals surface area contributed by atoms with Gasteiger partial charge in [0.05, 0.1) is 0 Å². The lowest BCUT2D eigenvalue weighted by Gasteiger charge is -2.33. The van der Waals surface area contributed by atoms with Gasteiger partial charge in [0.2, 0.25) is 0 Å². The van der Waals surface area contributed by atoms with Crippen LogP contribution in [0.15, 0.2) is 18.2 Å². The molecule has 1 aromatic rings. The molecule has 0 aliphatic carbocycles. The summed E-state index contributed by atoms with van der Waals surface area (Å²) in [5, 5.41) is 14.3. The van der Waals surface area contributed by atoms with Crippen molar-refractivity contribution in [3.05, 3.63) is 33.8 Å². The second kappa shape index (κ2) is 6.75. The van der Waals surface area contributed by atoms with Crippen molar-refractivity contribution in [3.8, 4) is 0 Å². The summed E-state index contributed by atoms with van der Waals surface area (Å²) in [4.78, 5) is 12.3. The Balaban J connectivity index is 2.08. The standard InChI is InChI=1S/C16H21Cl2NO3/c1-15(2,13-11(17)4-3-5-12(13)18)10-19-14(20)16(21)6-8-22-9-7-16/h3-5,21H,6-10H2,1-2H3,(H,19,20). The molecule has 1 saturated heterocycles. The number of rotatable bonds is 4. The van der Waals surface area contributed by atoms with E-state index in [0.29, 0.717) is 42.6 Å². The maximum absolute atomic E-state index is 12.3. The molecule has 0 saturated carbocycles. The quantitative estimate of drug-likeness (QED) is 0.881. The van der Waals surface area contributed by atoms with E-state index in [1.807, 2.05) is 13.8 Å². The number of aliphatic hydroxyl groups is 1. The van der Waals surface area contributed by atoms with Crippen molar-refractivity contribution in [2.24, 2.45) is 0 Å². The van der Waals surface area contributed by atoms with E-state index in [1.54, 1.807) is 18.2 Å². The van der Waals surface area contributed by atoms with Gasteiger partial charge >= 0.3 is 0 Å². The fourth-order valence-electron chi connectivity index (χ4n) is 2.63. The first kappa shape index (κ1) is 17.5. The largest absolute Gasteiger partial charge is 0.381 e. The normalized spacial score (nSPS) is 18.0. The molecule has 0 bridgehead atoms. The van der Waals surface area contributed by atoms with Crippen molar-refractivity contribution >= 4 is 29.1 Å². The van der Waals surface area contributed by atoms with Crippen molar-refractivity contribution in [2.75, 3.05) is 19.8 Å². The Morgan fingerprint density at radius 3 is 2.41 bits per heavy atom. The van der Waals surface area contributed by atoms with Crippen LogP contribution in [0.5, 0.6) is 0 Å². The summed E-state index contributed by atoms with van der Waals surface area (Å²) < 4.78 is 5.19. The Morgan fingerprint density at radius 2 is 1.86 bits per heavy atom. The topological polar surface area (TPSA) is 58.6 Å². The van der Waals surface area contributed by atoms with E-state index in [0.717, 1.165) is 5.56 Å². The van der Waals surface area contributed by atoms with Gasteiger partial charge in [0.15, 0.2) is 0 Å². The SMILES string of the molecule is CC(C)(CNC(=O)C1(O)CCOCC1)c1c(Cl)cccc1Cl. The average molecular weight is 346 g/mol. The van der Waals surface area contributed by atoms with Gasteiger partial charge in [0.1, 0.15) is 5.60 Å². The molecule has 2 N–H and O–H groups in total. The lowest BCUT2D eigenvalue weighted by molar-refractivity contribution is -0.149. The molecule has 4 nitrogen and oxygen atoms in total. The third kappa shape index (κ3) is 3.74. The molecule has 1 heterocycles. The highest BCUT2D eigenvalue weighted by molar-refractivity contribution is 6.36. The van der Waals surface area contributed by atoms with Crippen molar-refractivity contribution < 1.29 is 14.6 Å². The second-order valence-electron chi connectivity index (χ2n) is 6.31. The van der Waals surface area contributed by atoms with E-state index in [2.05, 4.69) is 5.32 Å². The molecular formula is C16H21Cl2NO3. The first-order valence-electron chi connectivity index (χ1n) is 7.29. The number of halogens is 2. The maximum Gasteiger partial charge on any atom is 0.252 e. The molecule has 0 radical (unpaired) electrons. The monoisotopic (exact) mass is 345 g/mol. The molecular weight excluding hydrogens is 325 g/mol. The van der Waals surface area contributed by atoms with Crippen LogP contribution in [0.4, 0.5) is 0 Å². The van der Waals surface area contributed by atoms with Gasteiger partial charge in [-0.25, -0.2) is 0 Å². The Morgan fingerprint density at radius 1 is 1.32 bits per heavy atom. The molecule has 1 aliphatic heterocycles. The van der Waals surface area contributed by atoms with E-state index >= 15 is 0 Å². The zero-order valence-corrected chi connectivity index (χ0v) is 14.3. The Kier molecular flexibility index (Phi) is 5.38. The summed E-state index contributed by atoms with van der Waals surface area (Å²) in [6, 6.07) is 5.34. The van der Waals surface area contributed by atoms with Gasteiger partial charge in [0.25, 0.3) is 5.91 Å². The van der Waals surface area contributed by atoms with Gasteiger partial charge in [-0.2, -0.15) is 0 Å². The van der Waals surface area contributed by atoms with Crippen LogP contribution in [0, 0.1) is 0 Å². The number of amides is 1. The Hall–Kier alpha value is -0.810. The van der Waals surface area contributed by atoms with Gasteiger partial charge in [-0.1, -0.05) is 43.1 Å². The lowest BCUT2D eigenvalue weighted by Crippen LogP contribution is -2.52. The smallest absolute Gasteiger partial charge is 0.252 e. The van der Waals surface area contributed by atoms with Crippen LogP contribution in [0.25, 0.3) is 0 Å². The van der Waals surface area contributed by atoms with Crippen LogP contribution in [-0.2, 0) is 14.9 Å². The highest BCUT2D eigenvalue weighted by Crippen LogP contribution is 2.35. The highest BCUT2D eigenvalue weighted by atomic mass is 35.5. The van der Waals surface area contributed by atoms with E-state index in [9.17, 15) is 9.90 Å². The molecule has 0 unspecified atom stereocenters. The summed E-state index contributed by atoms with van der Waals surface area (Å²) in [6.45, 7) is 5.02. The van der Waals surface area contributed by atoms with E-state index < -0.39 is 11.0 Å². The Labute approximate surface area is 140 Å². The number of hydrogen-bond acceptors (Lipinski definition) is 3. The fourth-order valence-corrected chi connectivity index (χ4v) is 3.54. The summed E-state index contributed by atoms with van der Waals surface area (Å²) in [5.41, 5.74) is -1.01. The van der Waals surface area contributed by atoms with Crippen molar-refractivity contribution in [2.45, 2.75) is 37.7 Å². The molecule has 6 heteroatoms. The molecule has 1 amide bonds. The van der Waals surface area contributed by atoms with Crippen molar-refractivity contribution in [1.29, 1.82) is 0 Å². The van der Waals surface area contributed by atoms with Crippen LogP contribution in [0.2, 0.25) is 10.0 Å². The number of carbonyl (C=O) groups is 1. The van der Waals surface area contributed by atoms with E-state index in [1.165, 1.54) is 0 Å². The van der Waals surface area contributed by atoms with Gasteiger partial charge < -0.3 is 15.2 Å². The van der Waals surface area contributed by atoms with Crippen LogP contribution in [0.3, 0.4) is 0 Å². The van der Waals surface area contributed by atoms with Crippen molar-refractivity contribution in [3.63, 3.8) is 0 Å². The predicted molar refractivity (Wildman–Crippen MR) is 87.5 cm³/mol. The number of nitrogens with one attached hydrogen (secondary N) is 1. The third-order valence-electron chi connectivity index (χ3n) is 4.07. The van der Waals surface area contributed by atoms with Gasteiger partial charge in [-0.15, -0.1) is 0 Å². The van der Waals surface area contributed by atoms with Crippen LogP contribution in [0.1, 0.15) is 32.3 Å². The lowest BCUT2D eigenvalue weighted by atomic mass is 9.84. The molecule has 0 aromatic heterocycles. The third-order valence-corrected chi connectivity index (χ3v) is 4.70. The van der Waals surface area contributed by atoms with E-state index in [-0.39, 0.29) is 5.91 Å². The zero-order chi connectivity index (χ0) is 16.4. The minimum Gasteiger partial charge on any atom is -0.381 e. The van der Waals surface area contributed by atoms with Gasteiger partial charge in [-0.3, -0.25) is 4.79 Å². The van der Waals surface area contributed by atoms with Crippen LogP contribution in [-0.4, -0.2) is 36.4 Å². The first-order chi connectivity index (χ1) is 10.3. The molecule has 122 valence electrons. The minimum atomic E-state index is -1.35. The van der Waals surface area contributed by atoms with E-state index in [4.69, 9.17) is 27.9 Å². The van der Waals surface area contributed by atoms with Gasteiger partial charge in [0, 0.05) is 48.1 Å². The summed E-state index contributed by atoms with van der Waals surface area (Å²) in [5.74, 6) is -0.368. The fraction of sp³-hybridized carbons (Fsp3) is 0.562. The first-order valence-corrected chi connectivity index (χ1v) is 8.05. The molecule has 0 atom stereocenters. The minimum absolute atomic E-state index is 0.312. The zero-order valence-electron chi connectivity index (χ0n) is 12.8. The van der Waals surface area contributed by atoms with Crippen LogP contribution >= 0.6 is 23.2 Å². The number of benzene rings is 1. The highest BCUT2D eigenvalue weighted by Gasteiger charge is 2.38. The molecule has 1 fully saturated rings. The summed E-state index contributed by atoms with van der Waals surface area (Å²) >= 11 is 12.5. The molecule has 1 aromatic carbocycles. The molecule has 22 heavy (non-hydrogen) atoms. The number of carbonyl (C=O) groups excluding carboxylic acids is 1. The second-order valence-corrected chi connectivity index (χ2v) is 7.12. The number of ether oxygens (including phenoxy) is 1. The average Bonchev–Trinajstić information content (AvgIpc) is 2.45. The molecule has 0 spiro atoms. The van der Waals surface area contributed by atoms with Crippen LogP contribution < -0.4 is 5.32 Å². The summed E-state index contributed by atoms with van der Waals surface area (Å²) in [6.07, 6.45) is 0.623. The predicted octanol–water partition coefficient (Wildman–Crippen LogP) is 2.93.